The average Bonchev–Trinajstić information content (AvgIpc) is 2.56. The lowest BCUT2D eigenvalue weighted by atomic mass is 10.1. The Hall–Kier alpha value is -1.36. The highest BCUT2D eigenvalue weighted by atomic mass is 16.3. The van der Waals surface area contributed by atoms with Gasteiger partial charge in [0.1, 0.15) is 0 Å². The minimum atomic E-state index is -0.764. The van der Waals surface area contributed by atoms with Crippen LogP contribution in [0.5, 0.6) is 0 Å². The highest BCUT2D eigenvalue weighted by Gasteiger charge is 2.25. The first-order valence-electron chi connectivity index (χ1n) is 5.38. The molecule has 5 heteroatoms. The lowest BCUT2D eigenvalue weighted by molar-refractivity contribution is -0.129. The predicted molar refractivity (Wildman–Crippen MR) is 58.5 cm³/mol. The van der Waals surface area contributed by atoms with Crippen molar-refractivity contribution in [2.75, 3.05) is 0 Å². The summed E-state index contributed by atoms with van der Waals surface area (Å²) in [6, 6.07) is 0. The normalized spacial score (nSPS) is 15.4. The van der Waals surface area contributed by atoms with Crippen LogP contribution in [0.2, 0.25) is 0 Å². The molecule has 1 amide bonds. The van der Waals surface area contributed by atoms with Crippen molar-refractivity contribution in [1.82, 2.24) is 14.7 Å². The molecule has 0 radical (unpaired) electrons. The smallest absolute Gasteiger partial charge is 0.220 e. The number of hydrogen-bond donors (Lipinski definition) is 1. The second kappa shape index (κ2) is 3.59. The number of amides is 1. The van der Waals surface area contributed by atoms with Crippen LogP contribution in [0.15, 0.2) is 6.20 Å². The van der Waals surface area contributed by atoms with Crippen molar-refractivity contribution in [3.05, 3.63) is 17.5 Å². The van der Waals surface area contributed by atoms with Crippen LogP contribution in [0.4, 0.5) is 0 Å². The van der Waals surface area contributed by atoms with Gasteiger partial charge in [0.2, 0.25) is 5.91 Å². The van der Waals surface area contributed by atoms with Gasteiger partial charge in [0.15, 0.2) is 0 Å². The van der Waals surface area contributed by atoms with Crippen molar-refractivity contribution < 1.29 is 9.90 Å². The minimum absolute atomic E-state index is 0.0760. The van der Waals surface area contributed by atoms with Gasteiger partial charge < -0.3 is 10.0 Å². The molecule has 1 aliphatic heterocycles. The molecule has 0 unspecified atom stereocenters. The molecular formula is C11H17N3O2. The number of aliphatic hydroxyl groups is 1. The van der Waals surface area contributed by atoms with E-state index in [1.54, 1.807) is 30.4 Å². The highest BCUT2D eigenvalue weighted by Crippen LogP contribution is 2.21. The third-order valence-corrected chi connectivity index (χ3v) is 2.62. The summed E-state index contributed by atoms with van der Waals surface area (Å²) in [6.45, 7) is 6.76. The molecule has 2 rings (SSSR count). The summed E-state index contributed by atoms with van der Waals surface area (Å²) in [7, 11) is 0. The zero-order valence-electron chi connectivity index (χ0n) is 9.90. The van der Waals surface area contributed by atoms with Crippen LogP contribution >= 0.6 is 0 Å². The van der Waals surface area contributed by atoms with Crippen molar-refractivity contribution in [1.29, 1.82) is 0 Å². The second-order valence-corrected chi connectivity index (χ2v) is 4.99. The van der Waals surface area contributed by atoms with Gasteiger partial charge in [-0.25, -0.2) is 0 Å². The molecule has 0 atom stereocenters. The summed E-state index contributed by atoms with van der Waals surface area (Å²) in [4.78, 5) is 12.9. The number of fused-ring (bicyclic) bond motifs is 1. The molecule has 0 bridgehead atoms. The fraction of sp³-hybridized carbons (Fsp3) is 0.636. The Morgan fingerprint density at radius 3 is 2.75 bits per heavy atom. The molecule has 0 saturated heterocycles. The van der Waals surface area contributed by atoms with Crippen LogP contribution in [0.1, 0.15) is 32.0 Å². The van der Waals surface area contributed by atoms with E-state index in [1.807, 2.05) is 6.20 Å². The standard InChI is InChI=1S/C11H17N3O2/c1-8(15)13-4-9-5-14(7-11(2,3)16)12-10(9)6-13/h5,16H,4,6-7H2,1-3H3. The van der Waals surface area contributed by atoms with E-state index in [0.29, 0.717) is 19.6 Å². The summed E-state index contributed by atoms with van der Waals surface area (Å²) in [5, 5.41) is 14.0. The Morgan fingerprint density at radius 1 is 1.56 bits per heavy atom. The van der Waals surface area contributed by atoms with Crippen LogP contribution in [0, 0.1) is 0 Å². The summed E-state index contributed by atoms with van der Waals surface area (Å²) in [6.07, 6.45) is 1.91. The van der Waals surface area contributed by atoms with Gasteiger partial charge in [-0.15, -0.1) is 0 Å². The Bertz CT molecular complexity index is 394. The monoisotopic (exact) mass is 223 g/mol. The molecule has 1 aliphatic rings. The maximum atomic E-state index is 11.2. The SMILES string of the molecule is CC(=O)N1Cc2cn(CC(C)(C)O)nc2C1. The Morgan fingerprint density at radius 2 is 2.25 bits per heavy atom. The van der Waals surface area contributed by atoms with E-state index in [4.69, 9.17) is 0 Å². The molecule has 0 saturated carbocycles. The number of carbonyl (C=O) groups excluding carboxylic acids is 1. The molecule has 1 aromatic heterocycles. The molecule has 1 aromatic rings. The van der Waals surface area contributed by atoms with Gasteiger partial charge in [0, 0.05) is 25.2 Å². The Balaban J connectivity index is 2.10. The molecule has 2 heterocycles. The third kappa shape index (κ3) is 2.24. The number of hydrogen-bond acceptors (Lipinski definition) is 3. The van der Waals surface area contributed by atoms with Crippen molar-refractivity contribution in [2.45, 2.75) is 46.0 Å². The highest BCUT2D eigenvalue weighted by molar-refractivity contribution is 5.73. The Kier molecular flexibility index (Phi) is 2.50. The average molecular weight is 223 g/mol. The molecule has 0 spiro atoms. The fourth-order valence-corrected chi connectivity index (χ4v) is 1.91. The third-order valence-electron chi connectivity index (χ3n) is 2.62. The first kappa shape index (κ1) is 11.1. The zero-order chi connectivity index (χ0) is 11.9. The predicted octanol–water partition coefficient (Wildman–Crippen LogP) is 0.516. The number of rotatable bonds is 2. The van der Waals surface area contributed by atoms with Gasteiger partial charge in [-0.2, -0.15) is 5.10 Å². The lowest BCUT2D eigenvalue weighted by Gasteiger charge is -2.17. The van der Waals surface area contributed by atoms with Crippen LogP contribution in [0.3, 0.4) is 0 Å². The first-order chi connectivity index (χ1) is 7.35. The summed E-state index contributed by atoms with van der Waals surface area (Å²) >= 11 is 0. The first-order valence-corrected chi connectivity index (χ1v) is 5.38. The van der Waals surface area contributed by atoms with Crippen molar-refractivity contribution >= 4 is 5.91 Å². The van der Waals surface area contributed by atoms with Gasteiger partial charge in [0.05, 0.1) is 24.4 Å². The van der Waals surface area contributed by atoms with Gasteiger partial charge in [0.25, 0.3) is 0 Å². The van der Waals surface area contributed by atoms with Crippen LogP contribution in [-0.4, -0.2) is 31.3 Å². The van der Waals surface area contributed by atoms with E-state index >= 15 is 0 Å². The van der Waals surface area contributed by atoms with Crippen LogP contribution in [0.25, 0.3) is 0 Å². The molecule has 88 valence electrons. The summed E-state index contributed by atoms with van der Waals surface area (Å²) < 4.78 is 1.75. The largest absolute Gasteiger partial charge is 0.389 e. The maximum absolute atomic E-state index is 11.2. The van der Waals surface area contributed by atoms with E-state index in [1.165, 1.54) is 0 Å². The van der Waals surface area contributed by atoms with Gasteiger partial charge in [-0.3, -0.25) is 9.48 Å². The van der Waals surface area contributed by atoms with Crippen molar-refractivity contribution in [3.8, 4) is 0 Å². The topological polar surface area (TPSA) is 58.4 Å². The molecule has 0 aliphatic carbocycles. The van der Waals surface area contributed by atoms with E-state index in [0.717, 1.165) is 11.3 Å². The van der Waals surface area contributed by atoms with E-state index in [-0.39, 0.29) is 5.91 Å². The molecule has 0 aromatic carbocycles. The van der Waals surface area contributed by atoms with Crippen molar-refractivity contribution in [2.24, 2.45) is 0 Å². The van der Waals surface area contributed by atoms with E-state index in [2.05, 4.69) is 5.10 Å². The minimum Gasteiger partial charge on any atom is -0.389 e. The number of nitrogens with zero attached hydrogens (tertiary/aromatic N) is 3. The molecule has 16 heavy (non-hydrogen) atoms. The summed E-state index contributed by atoms with van der Waals surface area (Å²) in [5.41, 5.74) is 1.26. The maximum Gasteiger partial charge on any atom is 0.220 e. The second-order valence-electron chi connectivity index (χ2n) is 4.99. The molecule has 5 nitrogen and oxygen atoms in total. The van der Waals surface area contributed by atoms with Crippen molar-refractivity contribution in [3.63, 3.8) is 0 Å². The fourth-order valence-electron chi connectivity index (χ4n) is 1.91. The van der Waals surface area contributed by atoms with Gasteiger partial charge >= 0.3 is 0 Å². The number of aromatic nitrogens is 2. The van der Waals surface area contributed by atoms with E-state index < -0.39 is 5.60 Å². The van der Waals surface area contributed by atoms with Gasteiger partial charge in [-0.1, -0.05) is 0 Å². The van der Waals surface area contributed by atoms with E-state index in [9.17, 15) is 9.90 Å². The lowest BCUT2D eigenvalue weighted by Crippen LogP contribution is -2.27. The molecule has 0 fully saturated rings. The number of carbonyl (C=O) groups is 1. The van der Waals surface area contributed by atoms with Crippen LogP contribution in [-0.2, 0) is 24.4 Å². The summed E-state index contributed by atoms with van der Waals surface area (Å²) in [5.74, 6) is 0.0760. The zero-order valence-corrected chi connectivity index (χ0v) is 9.90. The molecule has 1 N–H and O–H groups in total. The molecular weight excluding hydrogens is 206 g/mol. The van der Waals surface area contributed by atoms with Gasteiger partial charge in [-0.05, 0) is 13.8 Å². The Labute approximate surface area is 94.7 Å². The quantitative estimate of drug-likeness (QED) is 0.795. The van der Waals surface area contributed by atoms with Crippen LogP contribution < -0.4 is 0 Å².